The summed E-state index contributed by atoms with van der Waals surface area (Å²) in [6.07, 6.45) is 1.71. The number of hydrogen-bond donors (Lipinski definition) is 1. The van der Waals surface area contributed by atoms with Crippen LogP contribution in [0.3, 0.4) is 0 Å². The highest BCUT2D eigenvalue weighted by Gasteiger charge is 2.20. The Morgan fingerprint density at radius 1 is 1.43 bits per heavy atom. The van der Waals surface area contributed by atoms with Gasteiger partial charge in [-0.1, -0.05) is 30.7 Å². The molecule has 0 bridgehead atoms. The molecule has 1 atom stereocenters. The predicted molar refractivity (Wildman–Crippen MR) is 82.6 cm³/mol. The van der Waals surface area contributed by atoms with Crippen molar-refractivity contribution in [1.82, 2.24) is 20.3 Å². The lowest BCUT2D eigenvalue weighted by Crippen LogP contribution is -2.17. The Morgan fingerprint density at radius 3 is 2.76 bits per heavy atom. The molecule has 0 aliphatic heterocycles. The first kappa shape index (κ1) is 15.5. The molecule has 0 radical (unpaired) electrons. The summed E-state index contributed by atoms with van der Waals surface area (Å²) in [6.45, 7) is 4.16. The molecule has 1 aromatic heterocycles. The first-order valence-electron chi connectivity index (χ1n) is 6.97. The molecular formula is C15H18ClN5. The molecule has 0 saturated heterocycles. The molecule has 1 unspecified atom stereocenters. The van der Waals surface area contributed by atoms with Gasteiger partial charge in [-0.2, -0.15) is 5.26 Å². The van der Waals surface area contributed by atoms with Crippen LogP contribution in [-0.4, -0.2) is 22.0 Å². The molecule has 21 heavy (non-hydrogen) atoms. The molecule has 0 aliphatic rings. The van der Waals surface area contributed by atoms with Crippen molar-refractivity contribution in [2.75, 3.05) is 7.05 Å². The van der Waals surface area contributed by atoms with Crippen molar-refractivity contribution in [3.05, 3.63) is 40.2 Å². The first-order valence-corrected chi connectivity index (χ1v) is 7.35. The van der Waals surface area contributed by atoms with E-state index in [0.717, 1.165) is 24.2 Å². The molecule has 0 spiro atoms. The van der Waals surface area contributed by atoms with E-state index in [0.29, 0.717) is 16.3 Å². The number of benzene rings is 1. The van der Waals surface area contributed by atoms with Crippen LogP contribution in [0, 0.1) is 11.3 Å². The molecule has 110 valence electrons. The zero-order chi connectivity index (χ0) is 15.4. The van der Waals surface area contributed by atoms with E-state index in [1.807, 2.05) is 7.05 Å². The average Bonchev–Trinajstić information content (AvgIpc) is 2.92. The minimum absolute atomic E-state index is 0.159. The zero-order valence-electron chi connectivity index (χ0n) is 12.4. The third-order valence-electron chi connectivity index (χ3n) is 3.52. The van der Waals surface area contributed by atoms with E-state index in [-0.39, 0.29) is 6.04 Å². The monoisotopic (exact) mass is 303 g/mol. The van der Waals surface area contributed by atoms with Gasteiger partial charge in [0.05, 0.1) is 34.1 Å². The highest BCUT2D eigenvalue weighted by molar-refractivity contribution is 6.32. The maximum absolute atomic E-state index is 9.05. The van der Waals surface area contributed by atoms with E-state index in [9.17, 15) is 0 Å². The van der Waals surface area contributed by atoms with Crippen molar-refractivity contribution in [3.63, 3.8) is 0 Å². The van der Waals surface area contributed by atoms with Gasteiger partial charge in [0.2, 0.25) is 0 Å². The molecule has 1 aromatic carbocycles. The van der Waals surface area contributed by atoms with E-state index >= 15 is 0 Å². The highest BCUT2D eigenvalue weighted by atomic mass is 35.5. The maximum atomic E-state index is 9.05. The Morgan fingerprint density at radius 2 is 2.19 bits per heavy atom. The molecule has 5 nitrogen and oxygen atoms in total. The van der Waals surface area contributed by atoms with Crippen LogP contribution in [0.5, 0.6) is 0 Å². The molecular weight excluding hydrogens is 286 g/mol. The van der Waals surface area contributed by atoms with Gasteiger partial charge in [-0.25, -0.2) is 4.68 Å². The summed E-state index contributed by atoms with van der Waals surface area (Å²) in [5, 5.41) is 21.4. The quantitative estimate of drug-likeness (QED) is 0.922. The summed E-state index contributed by atoms with van der Waals surface area (Å²) < 4.78 is 1.73. The van der Waals surface area contributed by atoms with E-state index in [1.165, 1.54) is 0 Å². The first-order chi connectivity index (χ1) is 10.2. The van der Waals surface area contributed by atoms with Crippen molar-refractivity contribution >= 4 is 11.6 Å². The standard InChI is InChI=1S/C15H18ClN5/c1-4-12(18-3)15-13(5-2)21(20-19-15)14-8-10(9-17)6-7-11(14)16/h6-8,12,18H,4-5H2,1-3H3. The maximum Gasteiger partial charge on any atom is 0.103 e. The second-order valence-electron chi connectivity index (χ2n) is 4.71. The Hall–Kier alpha value is -1.90. The number of aromatic nitrogens is 3. The van der Waals surface area contributed by atoms with Crippen molar-refractivity contribution in [2.45, 2.75) is 32.7 Å². The lowest BCUT2D eigenvalue weighted by Gasteiger charge is -2.13. The van der Waals surface area contributed by atoms with Crippen LogP contribution >= 0.6 is 11.6 Å². The molecule has 0 saturated carbocycles. The smallest absolute Gasteiger partial charge is 0.103 e. The molecule has 0 amide bonds. The van der Waals surface area contributed by atoms with Gasteiger partial charge in [0, 0.05) is 0 Å². The van der Waals surface area contributed by atoms with Crippen molar-refractivity contribution in [1.29, 1.82) is 5.26 Å². The number of hydrogen-bond acceptors (Lipinski definition) is 4. The second kappa shape index (κ2) is 6.70. The number of nitrogens with zero attached hydrogens (tertiary/aromatic N) is 4. The lowest BCUT2D eigenvalue weighted by molar-refractivity contribution is 0.555. The summed E-state index contributed by atoms with van der Waals surface area (Å²) in [5.41, 5.74) is 3.18. The van der Waals surface area contributed by atoms with Gasteiger partial charge in [-0.05, 0) is 38.1 Å². The topological polar surface area (TPSA) is 66.5 Å². The zero-order valence-corrected chi connectivity index (χ0v) is 13.1. The van der Waals surface area contributed by atoms with E-state index in [2.05, 4.69) is 35.5 Å². The Bertz CT molecular complexity index is 667. The van der Waals surface area contributed by atoms with Gasteiger partial charge in [0.15, 0.2) is 0 Å². The fraction of sp³-hybridized carbons (Fsp3) is 0.400. The molecule has 2 rings (SSSR count). The van der Waals surface area contributed by atoms with Crippen LogP contribution in [0.15, 0.2) is 18.2 Å². The minimum Gasteiger partial charge on any atom is -0.312 e. The van der Waals surface area contributed by atoms with Gasteiger partial charge in [0.1, 0.15) is 5.69 Å². The number of halogens is 1. The Balaban J connectivity index is 2.58. The largest absolute Gasteiger partial charge is 0.312 e. The predicted octanol–water partition coefficient (Wildman–Crippen LogP) is 3.03. The Kier molecular flexibility index (Phi) is 4.94. The molecule has 0 fully saturated rings. The van der Waals surface area contributed by atoms with Gasteiger partial charge in [0.25, 0.3) is 0 Å². The van der Waals surface area contributed by atoms with E-state index < -0.39 is 0 Å². The van der Waals surface area contributed by atoms with Gasteiger partial charge in [-0.15, -0.1) is 5.10 Å². The van der Waals surface area contributed by atoms with E-state index in [1.54, 1.807) is 22.9 Å². The highest BCUT2D eigenvalue weighted by Crippen LogP contribution is 2.26. The SMILES string of the molecule is CCc1c(C(CC)NC)nnn1-c1cc(C#N)ccc1Cl. The average molecular weight is 304 g/mol. The fourth-order valence-electron chi connectivity index (χ4n) is 2.39. The normalized spacial score (nSPS) is 12.1. The van der Waals surface area contributed by atoms with Crippen molar-refractivity contribution < 1.29 is 0 Å². The summed E-state index contributed by atoms with van der Waals surface area (Å²) in [6, 6.07) is 7.42. The molecule has 1 heterocycles. The summed E-state index contributed by atoms with van der Waals surface area (Å²) in [4.78, 5) is 0. The van der Waals surface area contributed by atoms with Crippen LogP contribution in [0.1, 0.15) is 43.3 Å². The van der Waals surface area contributed by atoms with Crippen LogP contribution < -0.4 is 5.32 Å². The van der Waals surface area contributed by atoms with Crippen LogP contribution in [0.25, 0.3) is 5.69 Å². The van der Waals surface area contributed by atoms with Gasteiger partial charge >= 0.3 is 0 Å². The van der Waals surface area contributed by atoms with Crippen molar-refractivity contribution in [2.24, 2.45) is 0 Å². The molecule has 2 aromatic rings. The van der Waals surface area contributed by atoms with Crippen LogP contribution in [0.4, 0.5) is 0 Å². The van der Waals surface area contributed by atoms with Crippen molar-refractivity contribution in [3.8, 4) is 11.8 Å². The number of nitrogens with one attached hydrogen (secondary N) is 1. The molecule has 6 heteroatoms. The van der Waals surface area contributed by atoms with Gasteiger partial charge < -0.3 is 5.32 Å². The lowest BCUT2D eigenvalue weighted by atomic mass is 10.1. The van der Waals surface area contributed by atoms with E-state index in [4.69, 9.17) is 16.9 Å². The number of rotatable bonds is 5. The van der Waals surface area contributed by atoms with Crippen LogP contribution in [0.2, 0.25) is 5.02 Å². The molecule has 0 aliphatic carbocycles. The molecule has 1 N–H and O–H groups in total. The third-order valence-corrected chi connectivity index (χ3v) is 3.84. The second-order valence-corrected chi connectivity index (χ2v) is 5.12. The van der Waals surface area contributed by atoms with Crippen LogP contribution in [-0.2, 0) is 6.42 Å². The third kappa shape index (κ3) is 2.92. The summed E-state index contributed by atoms with van der Waals surface area (Å²) >= 11 is 6.26. The number of nitriles is 1. The fourth-order valence-corrected chi connectivity index (χ4v) is 2.58. The summed E-state index contributed by atoms with van der Waals surface area (Å²) in [5.74, 6) is 0. The Labute approximate surface area is 129 Å². The minimum atomic E-state index is 0.159. The van der Waals surface area contributed by atoms with Gasteiger partial charge in [-0.3, -0.25) is 0 Å². The summed E-state index contributed by atoms with van der Waals surface area (Å²) in [7, 11) is 1.91.